The number of hydrogen-bond donors (Lipinski definition) is 2. The molecule has 218 valence electrons. The summed E-state index contributed by atoms with van der Waals surface area (Å²) in [5, 5.41) is 23.8. The number of carbonyl (C=O) groups excluding carboxylic acids is 5. The van der Waals surface area contributed by atoms with Gasteiger partial charge in [0.05, 0.1) is 19.1 Å². The van der Waals surface area contributed by atoms with Crippen molar-refractivity contribution >= 4 is 29.4 Å². The predicted octanol–water partition coefficient (Wildman–Crippen LogP) is 1.92. The Kier molecular flexibility index (Phi) is 6.95. The molecule has 0 radical (unpaired) electrons. The van der Waals surface area contributed by atoms with Crippen molar-refractivity contribution in [3.05, 3.63) is 23.8 Å². The third-order valence-corrected chi connectivity index (χ3v) is 10.5. The fourth-order valence-electron chi connectivity index (χ4n) is 8.38. The van der Waals surface area contributed by atoms with Crippen molar-refractivity contribution in [3.63, 3.8) is 0 Å². The molecule has 0 aromatic rings. The van der Waals surface area contributed by atoms with Gasteiger partial charge in [-0.3, -0.25) is 19.2 Å². The number of alkyl halides is 1. The second-order valence-corrected chi connectivity index (χ2v) is 12.4. The highest BCUT2D eigenvalue weighted by atomic mass is 19.1. The van der Waals surface area contributed by atoms with Gasteiger partial charge in [-0.05, 0) is 56.6 Å². The van der Waals surface area contributed by atoms with Crippen molar-refractivity contribution in [2.75, 3.05) is 13.2 Å². The van der Waals surface area contributed by atoms with E-state index < -0.39 is 76.1 Å². The van der Waals surface area contributed by atoms with Gasteiger partial charge in [0.15, 0.2) is 17.2 Å². The zero-order valence-corrected chi connectivity index (χ0v) is 23.0. The molecule has 0 unspecified atom stereocenters. The lowest BCUT2D eigenvalue weighted by atomic mass is 9.44. The van der Waals surface area contributed by atoms with Gasteiger partial charge in [-0.25, -0.2) is 9.18 Å². The van der Waals surface area contributed by atoms with Crippen LogP contribution in [-0.2, 0) is 33.5 Å². The highest BCUT2D eigenvalue weighted by molar-refractivity contribution is 6.02. The van der Waals surface area contributed by atoms with Crippen molar-refractivity contribution < 1.29 is 48.2 Å². The van der Waals surface area contributed by atoms with E-state index in [1.54, 1.807) is 26.8 Å². The number of Topliss-reactive ketones (excluding diaryl/α,β-unsaturated/α-hetero) is 1. The van der Waals surface area contributed by atoms with Crippen LogP contribution in [-0.4, -0.2) is 75.2 Å². The van der Waals surface area contributed by atoms with Crippen LogP contribution < -0.4 is 0 Å². The van der Waals surface area contributed by atoms with Crippen LogP contribution in [0.15, 0.2) is 23.8 Å². The zero-order chi connectivity index (χ0) is 29.3. The van der Waals surface area contributed by atoms with Gasteiger partial charge in [0.2, 0.25) is 0 Å². The molecule has 1 heterocycles. The molecule has 1 saturated heterocycles. The van der Waals surface area contributed by atoms with E-state index in [0.717, 1.165) is 0 Å². The maximum atomic E-state index is 17.2. The lowest BCUT2D eigenvalue weighted by Gasteiger charge is -2.62. The lowest BCUT2D eigenvalue weighted by Crippen LogP contribution is -2.69. The standard InChI is InChI=1S/C29H36FNO9/c1-16-12-20-19-5-4-17-13-18(32)8-10-26(17,2)28(19,30)21(33)14-27(20,3)29(16,38)22(34)15-39-11-9-25(37)40-31-23(35)6-7-24(31)36/h8,10,13,16,19-21,33,38H,4-7,9,11-12,14-15H2,1-3H3/t16-,19+,20+,21+,26+,27+,28+,29+/m1/s1. The number of hydroxylamine groups is 2. The Balaban J connectivity index is 1.28. The number of ether oxygens (including phenoxy) is 1. The zero-order valence-electron chi connectivity index (χ0n) is 23.0. The first-order chi connectivity index (χ1) is 18.7. The highest BCUT2D eigenvalue weighted by Crippen LogP contribution is 2.70. The fourth-order valence-corrected chi connectivity index (χ4v) is 8.38. The van der Waals surface area contributed by atoms with Crippen LogP contribution in [0.25, 0.3) is 0 Å². The Hall–Kier alpha value is -2.76. The summed E-state index contributed by atoms with van der Waals surface area (Å²) in [4.78, 5) is 65.5. The number of allylic oxidation sites excluding steroid dienone is 4. The molecule has 0 aromatic carbocycles. The van der Waals surface area contributed by atoms with E-state index in [0.29, 0.717) is 29.9 Å². The molecule has 2 N–H and O–H groups in total. The summed E-state index contributed by atoms with van der Waals surface area (Å²) in [5.41, 5.74) is -5.61. The molecule has 2 amide bonds. The molecule has 0 spiro atoms. The largest absolute Gasteiger partial charge is 0.390 e. The molecule has 40 heavy (non-hydrogen) atoms. The number of ketones is 2. The first-order valence-electron chi connectivity index (χ1n) is 13.9. The van der Waals surface area contributed by atoms with Gasteiger partial charge in [0.1, 0.15) is 12.2 Å². The van der Waals surface area contributed by atoms with Crippen molar-refractivity contribution in [1.29, 1.82) is 0 Å². The average Bonchev–Trinajstić information content (AvgIpc) is 3.31. The minimum absolute atomic E-state index is 0.0276. The number of amides is 2. The van der Waals surface area contributed by atoms with E-state index in [1.807, 2.05) is 0 Å². The third kappa shape index (κ3) is 3.88. The van der Waals surface area contributed by atoms with E-state index >= 15 is 4.39 Å². The van der Waals surface area contributed by atoms with Gasteiger partial charge in [0, 0.05) is 29.6 Å². The molecule has 5 rings (SSSR count). The summed E-state index contributed by atoms with van der Waals surface area (Å²) in [7, 11) is 0. The van der Waals surface area contributed by atoms with Crippen LogP contribution in [0.4, 0.5) is 4.39 Å². The van der Waals surface area contributed by atoms with Crippen LogP contribution in [0.5, 0.6) is 0 Å². The maximum absolute atomic E-state index is 17.2. The number of nitrogens with zero attached hydrogens (tertiary/aromatic N) is 1. The molecule has 5 aliphatic rings. The molecule has 8 atom stereocenters. The van der Waals surface area contributed by atoms with E-state index in [9.17, 15) is 34.2 Å². The monoisotopic (exact) mass is 561 g/mol. The smallest absolute Gasteiger partial charge is 0.335 e. The quantitative estimate of drug-likeness (QED) is 0.351. The molecular weight excluding hydrogens is 525 g/mol. The Labute approximate surface area is 231 Å². The van der Waals surface area contributed by atoms with E-state index in [4.69, 9.17) is 9.57 Å². The van der Waals surface area contributed by atoms with Gasteiger partial charge in [-0.15, -0.1) is 5.06 Å². The summed E-state index contributed by atoms with van der Waals surface area (Å²) in [6.07, 6.45) is 3.60. The van der Waals surface area contributed by atoms with Gasteiger partial charge in [0.25, 0.3) is 11.8 Å². The summed E-state index contributed by atoms with van der Waals surface area (Å²) in [6, 6.07) is 0. The van der Waals surface area contributed by atoms with Crippen LogP contribution in [0.3, 0.4) is 0 Å². The molecular formula is C29H36FNO9. The number of aliphatic hydroxyl groups excluding tert-OH is 1. The summed E-state index contributed by atoms with van der Waals surface area (Å²) >= 11 is 0. The Morgan fingerprint density at radius 2 is 1.80 bits per heavy atom. The van der Waals surface area contributed by atoms with Crippen molar-refractivity contribution in [1.82, 2.24) is 5.06 Å². The van der Waals surface area contributed by atoms with E-state index in [2.05, 4.69) is 0 Å². The number of fused-ring (bicyclic) bond motifs is 5. The molecule has 10 nitrogen and oxygen atoms in total. The minimum Gasteiger partial charge on any atom is -0.390 e. The summed E-state index contributed by atoms with van der Waals surface area (Å²) in [5.74, 6) is -4.49. The number of imide groups is 1. The number of hydrogen-bond acceptors (Lipinski definition) is 9. The average molecular weight is 562 g/mol. The van der Waals surface area contributed by atoms with Gasteiger partial charge in [-0.2, -0.15) is 0 Å². The SMILES string of the molecule is C[C@@H]1C[C@H]2[C@@H]3CCC4=CC(=O)C=C[C@]4(C)[C@@]3(F)[C@@H](O)C[C@]2(C)[C@@]1(O)C(=O)COCCC(=O)ON1C(=O)CCC1=O. The van der Waals surface area contributed by atoms with Gasteiger partial charge < -0.3 is 19.8 Å². The Bertz CT molecular complexity index is 1210. The topological polar surface area (TPSA) is 148 Å². The summed E-state index contributed by atoms with van der Waals surface area (Å²) in [6.45, 7) is 4.42. The van der Waals surface area contributed by atoms with E-state index in [1.165, 1.54) is 12.2 Å². The second kappa shape index (κ2) is 9.66. The van der Waals surface area contributed by atoms with E-state index in [-0.39, 0.29) is 38.1 Å². The fraction of sp³-hybridized carbons (Fsp3) is 0.690. The molecule has 11 heteroatoms. The van der Waals surface area contributed by atoms with Crippen molar-refractivity contribution in [2.24, 2.45) is 28.6 Å². The third-order valence-electron chi connectivity index (χ3n) is 10.5. The van der Waals surface area contributed by atoms with Crippen molar-refractivity contribution in [2.45, 2.75) is 83.1 Å². The number of halogens is 1. The Morgan fingerprint density at radius 3 is 2.48 bits per heavy atom. The molecule has 3 saturated carbocycles. The molecule has 0 aromatic heterocycles. The Morgan fingerprint density at radius 1 is 1.12 bits per heavy atom. The first-order valence-corrected chi connectivity index (χ1v) is 13.9. The molecule has 0 bridgehead atoms. The van der Waals surface area contributed by atoms with Crippen LogP contribution in [0.2, 0.25) is 0 Å². The van der Waals surface area contributed by atoms with Crippen LogP contribution in [0.1, 0.15) is 65.7 Å². The molecule has 1 aliphatic heterocycles. The first kappa shape index (κ1) is 28.8. The lowest BCUT2D eigenvalue weighted by molar-refractivity contribution is -0.220. The highest BCUT2D eigenvalue weighted by Gasteiger charge is 2.75. The van der Waals surface area contributed by atoms with Crippen LogP contribution >= 0.6 is 0 Å². The van der Waals surface area contributed by atoms with Gasteiger partial charge >= 0.3 is 5.97 Å². The second-order valence-electron chi connectivity index (χ2n) is 12.4. The maximum Gasteiger partial charge on any atom is 0.335 e. The van der Waals surface area contributed by atoms with Gasteiger partial charge in [-0.1, -0.05) is 25.5 Å². The number of carbonyl (C=O) groups is 5. The number of aliphatic hydroxyl groups is 2. The predicted molar refractivity (Wildman–Crippen MR) is 135 cm³/mol. The minimum atomic E-state index is -2.07. The van der Waals surface area contributed by atoms with Crippen molar-refractivity contribution in [3.8, 4) is 0 Å². The molecule has 4 aliphatic carbocycles. The van der Waals surface area contributed by atoms with Crippen LogP contribution in [0, 0.1) is 28.6 Å². The normalized spacial score (nSPS) is 42.3. The summed E-state index contributed by atoms with van der Waals surface area (Å²) < 4.78 is 22.6. The number of rotatable bonds is 7. The molecule has 4 fully saturated rings.